The number of aryl methyl sites for hydroxylation is 1. The number of unbranched alkanes of at least 4 members (excludes halogenated alkanes) is 1. The van der Waals surface area contributed by atoms with Crippen molar-refractivity contribution in [2.24, 2.45) is 0 Å². The molecule has 2 amide bonds. The van der Waals surface area contributed by atoms with Crippen LogP contribution in [0, 0.1) is 6.92 Å². The zero-order valence-electron chi connectivity index (χ0n) is 21.7. The van der Waals surface area contributed by atoms with Gasteiger partial charge in [-0.25, -0.2) is 8.42 Å². The molecule has 0 bridgehead atoms. The van der Waals surface area contributed by atoms with E-state index in [1.165, 1.54) is 4.31 Å². The summed E-state index contributed by atoms with van der Waals surface area (Å²) in [6, 6.07) is 13.8. The Labute approximate surface area is 220 Å². The number of carbonyl (C=O) groups excluding carboxylic acids is 2. The van der Waals surface area contributed by atoms with Crippen molar-refractivity contribution in [2.45, 2.75) is 65.5 Å². The molecule has 0 aliphatic carbocycles. The van der Waals surface area contributed by atoms with Gasteiger partial charge >= 0.3 is 0 Å². The Morgan fingerprint density at radius 1 is 1.00 bits per heavy atom. The summed E-state index contributed by atoms with van der Waals surface area (Å²) in [6.07, 6.45) is 3.89. The number of nitrogens with one attached hydrogen (secondary N) is 1. The van der Waals surface area contributed by atoms with Crippen molar-refractivity contribution < 1.29 is 18.0 Å². The highest BCUT2D eigenvalue weighted by Gasteiger charge is 2.28. The molecule has 1 N–H and O–H groups in total. The largest absolute Gasteiger partial charge is 0.354 e. The highest BCUT2D eigenvalue weighted by Crippen LogP contribution is 2.22. The van der Waals surface area contributed by atoms with E-state index in [-0.39, 0.29) is 24.8 Å². The van der Waals surface area contributed by atoms with Crippen LogP contribution in [0.1, 0.15) is 57.1 Å². The molecule has 0 radical (unpaired) electrons. The fourth-order valence-electron chi connectivity index (χ4n) is 3.93. The third-order valence-corrected chi connectivity index (χ3v) is 7.40. The lowest BCUT2D eigenvalue weighted by Crippen LogP contribution is -2.49. The van der Waals surface area contributed by atoms with Gasteiger partial charge in [-0.05, 0) is 56.0 Å². The standard InChI is InChI=1S/C27H38ClN3O4S/c1-5-7-18-29-27(33)25(6-2)30(20-22-12-10-21(3)11-13-22)26(32)9-8-19-31(36(4,34)35)24-16-14-23(28)15-17-24/h10-17,25H,5-9,18-20H2,1-4H3,(H,29,33). The molecule has 36 heavy (non-hydrogen) atoms. The van der Waals surface area contributed by atoms with Crippen LogP contribution in [0.2, 0.25) is 5.02 Å². The molecular formula is C27H38ClN3O4S. The van der Waals surface area contributed by atoms with Gasteiger partial charge in [0.25, 0.3) is 0 Å². The molecule has 7 nitrogen and oxygen atoms in total. The molecule has 0 saturated heterocycles. The monoisotopic (exact) mass is 535 g/mol. The third-order valence-electron chi connectivity index (χ3n) is 5.96. The lowest BCUT2D eigenvalue weighted by atomic mass is 10.1. The van der Waals surface area contributed by atoms with Gasteiger partial charge in [-0.15, -0.1) is 0 Å². The van der Waals surface area contributed by atoms with Gasteiger partial charge < -0.3 is 10.2 Å². The first kappa shape index (κ1) is 29.6. The molecule has 0 spiro atoms. The number of sulfonamides is 1. The summed E-state index contributed by atoms with van der Waals surface area (Å²) in [5.41, 5.74) is 2.55. The lowest BCUT2D eigenvalue weighted by Gasteiger charge is -2.31. The Hall–Kier alpha value is -2.58. The minimum absolute atomic E-state index is 0.115. The number of hydrogen-bond acceptors (Lipinski definition) is 4. The first-order valence-corrected chi connectivity index (χ1v) is 14.7. The molecular weight excluding hydrogens is 498 g/mol. The van der Waals surface area contributed by atoms with E-state index >= 15 is 0 Å². The van der Waals surface area contributed by atoms with Crippen LogP contribution in [0.3, 0.4) is 0 Å². The fourth-order valence-corrected chi connectivity index (χ4v) is 5.02. The average molecular weight is 536 g/mol. The zero-order valence-corrected chi connectivity index (χ0v) is 23.2. The summed E-state index contributed by atoms with van der Waals surface area (Å²) in [5, 5.41) is 3.47. The van der Waals surface area contributed by atoms with E-state index in [9.17, 15) is 18.0 Å². The molecule has 0 aliphatic heterocycles. The minimum Gasteiger partial charge on any atom is -0.354 e. The van der Waals surface area contributed by atoms with E-state index in [0.717, 1.165) is 30.2 Å². The number of amides is 2. The maximum atomic E-state index is 13.4. The van der Waals surface area contributed by atoms with Crippen LogP contribution >= 0.6 is 11.6 Å². The molecule has 1 atom stereocenters. The third kappa shape index (κ3) is 9.13. The highest BCUT2D eigenvalue weighted by atomic mass is 35.5. The first-order chi connectivity index (χ1) is 17.1. The Balaban J connectivity index is 2.18. The van der Waals surface area contributed by atoms with Gasteiger partial charge in [-0.2, -0.15) is 0 Å². The number of benzene rings is 2. The Morgan fingerprint density at radius 3 is 2.19 bits per heavy atom. The van der Waals surface area contributed by atoms with Crippen molar-refractivity contribution in [1.82, 2.24) is 10.2 Å². The maximum Gasteiger partial charge on any atom is 0.242 e. The smallest absolute Gasteiger partial charge is 0.242 e. The van der Waals surface area contributed by atoms with Crippen molar-refractivity contribution in [1.29, 1.82) is 0 Å². The highest BCUT2D eigenvalue weighted by molar-refractivity contribution is 7.92. The molecule has 1 unspecified atom stereocenters. The van der Waals surface area contributed by atoms with E-state index in [1.807, 2.05) is 38.1 Å². The SMILES string of the molecule is CCCCNC(=O)C(CC)N(Cc1ccc(C)cc1)C(=O)CCCN(c1ccc(Cl)cc1)S(C)(=O)=O. The van der Waals surface area contributed by atoms with E-state index in [4.69, 9.17) is 11.6 Å². The Morgan fingerprint density at radius 2 is 1.64 bits per heavy atom. The first-order valence-electron chi connectivity index (χ1n) is 12.4. The lowest BCUT2D eigenvalue weighted by molar-refractivity contribution is -0.141. The number of carbonyl (C=O) groups is 2. The number of halogens is 1. The van der Waals surface area contributed by atoms with Crippen molar-refractivity contribution in [3.63, 3.8) is 0 Å². The number of hydrogen-bond donors (Lipinski definition) is 1. The number of nitrogens with zero attached hydrogens (tertiary/aromatic N) is 2. The van der Waals surface area contributed by atoms with E-state index in [1.54, 1.807) is 29.2 Å². The van der Waals surface area contributed by atoms with Crippen LogP contribution in [0.5, 0.6) is 0 Å². The van der Waals surface area contributed by atoms with E-state index < -0.39 is 16.1 Å². The Kier molecular flexibility index (Phi) is 11.7. The van der Waals surface area contributed by atoms with Gasteiger partial charge in [0.05, 0.1) is 11.9 Å². The number of rotatable bonds is 14. The van der Waals surface area contributed by atoms with E-state index in [2.05, 4.69) is 12.2 Å². The van der Waals surface area contributed by atoms with Crippen molar-refractivity contribution >= 4 is 39.1 Å². The van der Waals surface area contributed by atoms with Gasteiger partial charge in [-0.3, -0.25) is 13.9 Å². The molecule has 0 aliphatic rings. The summed E-state index contributed by atoms with van der Waals surface area (Å²) in [7, 11) is -3.55. The quantitative estimate of drug-likeness (QED) is 0.348. The predicted molar refractivity (Wildman–Crippen MR) is 147 cm³/mol. The normalized spacial score (nSPS) is 12.1. The van der Waals surface area contributed by atoms with Crippen molar-refractivity contribution in [3.05, 3.63) is 64.7 Å². The molecule has 2 aromatic rings. The number of anilines is 1. The van der Waals surface area contributed by atoms with Gasteiger partial charge in [0.15, 0.2) is 0 Å². The molecule has 2 rings (SSSR count). The molecule has 198 valence electrons. The molecule has 2 aromatic carbocycles. The summed E-state index contributed by atoms with van der Waals surface area (Å²) in [4.78, 5) is 28.0. The predicted octanol–water partition coefficient (Wildman–Crippen LogP) is 4.92. The minimum atomic E-state index is -3.55. The summed E-state index contributed by atoms with van der Waals surface area (Å²) < 4.78 is 26.1. The van der Waals surface area contributed by atoms with Crippen molar-refractivity contribution in [2.75, 3.05) is 23.7 Å². The van der Waals surface area contributed by atoms with Crippen LogP contribution < -0.4 is 9.62 Å². The topological polar surface area (TPSA) is 86.8 Å². The molecule has 0 heterocycles. The van der Waals surface area contributed by atoms with Crippen LogP contribution in [0.15, 0.2) is 48.5 Å². The van der Waals surface area contributed by atoms with Crippen LogP contribution in [0.4, 0.5) is 5.69 Å². The average Bonchev–Trinajstić information content (AvgIpc) is 2.83. The summed E-state index contributed by atoms with van der Waals surface area (Å²) in [5.74, 6) is -0.344. The van der Waals surface area contributed by atoms with Crippen molar-refractivity contribution in [3.8, 4) is 0 Å². The second kappa shape index (κ2) is 14.2. The van der Waals surface area contributed by atoms with E-state index in [0.29, 0.717) is 36.6 Å². The summed E-state index contributed by atoms with van der Waals surface area (Å²) in [6.45, 7) is 6.97. The summed E-state index contributed by atoms with van der Waals surface area (Å²) >= 11 is 5.94. The van der Waals surface area contributed by atoms with Gasteiger partial charge in [0.2, 0.25) is 21.8 Å². The van der Waals surface area contributed by atoms with Gasteiger partial charge in [-0.1, -0.05) is 61.7 Å². The fraction of sp³-hybridized carbons (Fsp3) is 0.481. The van der Waals surface area contributed by atoms with Crippen LogP contribution in [-0.4, -0.2) is 50.5 Å². The second-order valence-corrected chi connectivity index (χ2v) is 11.3. The van der Waals surface area contributed by atoms with Gasteiger partial charge in [0.1, 0.15) is 6.04 Å². The second-order valence-electron chi connectivity index (χ2n) is 8.99. The zero-order chi connectivity index (χ0) is 26.7. The van der Waals surface area contributed by atoms with Gasteiger partial charge in [0, 0.05) is 31.1 Å². The van der Waals surface area contributed by atoms with Crippen LogP contribution in [0.25, 0.3) is 0 Å². The molecule has 0 fully saturated rings. The molecule has 9 heteroatoms. The van der Waals surface area contributed by atoms with Crippen LogP contribution in [-0.2, 0) is 26.2 Å². The Bertz CT molecular complexity index is 1090. The molecule has 0 saturated carbocycles. The maximum absolute atomic E-state index is 13.4. The molecule has 0 aromatic heterocycles.